The van der Waals surface area contributed by atoms with Gasteiger partial charge in [-0.15, -0.1) is 0 Å². The fourth-order valence-electron chi connectivity index (χ4n) is 2.93. The molecule has 1 aromatic heterocycles. The smallest absolute Gasteiger partial charge is 0.256 e. The molecule has 1 heterocycles. The largest absolute Gasteiger partial charge is 0.322 e. The lowest BCUT2D eigenvalue weighted by molar-refractivity contribution is 0.338. The lowest BCUT2D eigenvalue weighted by Gasteiger charge is -2.28. The van der Waals surface area contributed by atoms with Crippen LogP contribution in [-0.4, -0.2) is 4.57 Å². The van der Waals surface area contributed by atoms with Gasteiger partial charge in [-0.05, 0) is 45.7 Å². The van der Waals surface area contributed by atoms with Crippen molar-refractivity contribution < 1.29 is 0 Å². The topological polar surface area (TPSA) is 48.0 Å². The van der Waals surface area contributed by atoms with Crippen LogP contribution in [0, 0.1) is 6.92 Å². The van der Waals surface area contributed by atoms with Crippen molar-refractivity contribution in [3.63, 3.8) is 0 Å². The minimum Gasteiger partial charge on any atom is -0.322 e. The number of nitrogens with two attached hydrogens (primary N) is 1. The zero-order valence-corrected chi connectivity index (χ0v) is 11.7. The number of aromatic nitrogens is 1. The summed E-state index contributed by atoms with van der Waals surface area (Å²) in [6.45, 7) is 5.80. The maximum atomic E-state index is 12.6. The number of hydrogen-bond donors (Lipinski definition) is 1. The quantitative estimate of drug-likeness (QED) is 0.875. The van der Waals surface area contributed by atoms with Crippen molar-refractivity contribution in [2.45, 2.75) is 64.5 Å². The third-order valence-corrected chi connectivity index (χ3v) is 3.95. The van der Waals surface area contributed by atoms with Crippen LogP contribution in [0.5, 0.6) is 0 Å². The third kappa shape index (κ3) is 2.51. The van der Waals surface area contributed by atoms with Crippen molar-refractivity contribution in [2.24, 2.45) is 5.73 Å². The molecule has 2 rings (SSSR count). The Morgan fingerprint density at radius 2 is 1.83 bits per heavy atom. The van der Waals surface area contributed by atoms with Crippen LogP contribution >= 0.6 is 0 Å². The maximum Gasteiger partial charge on any atom is 0.256 e. The van der Waals surface area contributed by atoms with Crippen molar-refractivity contribution in [1.29, 1.82) is 0 Å². The van der Waals surface area contributed by atoms with Crippen LogP contribution in [0.15, 0.2) is 16.9 Å². The van der Waals surface area contributed by atoms with Crippen molar-refractivity contribution in [3.8, 4) is 0 Å². The Kier molecular flexibility index (Phi) is 3.62. The van der Waals surface area contributed by atoms with E-state index < -0.39 is 5.54 Å². The minimum absolute atomic E-state index is 0.106. The molecule has 18 heavy (non-hydrogen) atoms. The molecule has 0 amide bonds. The molecule has 0 atom stereocenters. The molecular weight excluding hydrogens is 224 g/mol. The number of pyridine rings is 1. The van der Waals surface area contributed by atoms with Gasteiger partial charge >= 0.3 is 0 Å². The van der Waals surface area contributed by atoms with E-state index in [4.69, 9.17) is 5.73 Å². The van der Waals surface area contributed by atoms with Gasteiger partial charge in [0, 0.05) is 22.8 Å². The molecule has 0 aromatic carbocycles. The summed E-state index contributed by atoms with van der Waals surface area (Å²) in [4.78, 5) is 12.6. The molecule has 0 bridgehead atoms. The fourth-order valence-corrected chi connectivity index (χ4v) is 2.93. The Hall–Kier alpha value is -1.09. The Morgan fingerprint density at radius 1 is 1.22 bits per heavy atom. The average molecular weight is 248 g/mol. The predicted molar refractivity (Wildman–Crippen MR) is 74.8 cm³/mol. The molecule has 0 aliphatic heterocycles. The zero-order valence-electron chi connectivity index (χ0n) is 11.7. The van der Waals surface area contributed by atoms with Crippen LogP contribution in [0.25, 0.3) is 0 Å². The predicted octanol–water partition coefficient (Wildman–Crippen LogP) is 2.86. The fraction of sp³-hybridized carbons (Fsp3) is 0.667. The molecule has 100 valence electrons. The van der Waals surface area contributed by atoms with Gasteiger partial charge < -0.3 is 10.3 Å². The Balaban J connectivity index is 2.49. The van der Waals surface area contributed by atoms with Gasteiger partial charge in [0.15, 0.2) is 0 Å². The summed E-state index contributed by atoms with van der Waals surface area (Å²) < 4.78 is 1.98. The highest BCUT2D eigenvalue weighted by Gasteiger charge is 2.23. The number of hydrogen-bond acceptors (Lipinski definition) is 2. The lowest BCUT2D eigenvalue weighted by atomic mass is 9.93. The van der Waals surface area contributed by atoms with Gasteiger partial charge in [0.05, 0.1) is 0 Å². The molecule has 1 saturated carbocycles. The molecule has 0 radical (unpaired) electrons. The number of aryl methyl sites for hydroxylation is 1. The summed E-state index contributed by atoms with van der Waals surface area (Å²) in [6, 6.07) is 4.28. The third-order valence-electron chi connectivity index (χ3n) is 3.95. The summed E-state index contributed by atoms with van der Waals surface area (Å²) in [6.07, 6.45) is 6.00. The van der Waals surface area contributed by atoms with E-state index in [1.165, 1.54) is 19.3 Å². The van der Waals surface area contributed by atoms with Gasteiger partial charge in [-0.2, -0.15) is 0 Å². The molecule has 3 heteroatoms. The van der Waals surface area contributed by atoms with Gasteiger partial charge in [0.2, 0.25) is 0 Å². The number of rotatable bonds is 2. The van der Waals surface area contributed by atoms with Gasteiger partial charge in [-0.1, -0.05) is 19.3 Å². The zero-order chi connectivity index (χ0) is 13.3. The monoisotopic (exact) mass is 248 g/mol. The Labute approximate surface area is 109 Å². The first kappa shape index (κ1) is 13.3. The molecule has 1 aromatic rings. The molecule has 0 unspecified atom stereocenters. The molecule has 3 nitrogen and oxygen atoms in total. The first-order valence-corrected chi connectivity index (χ1v) is 6.93. The van der Waals surface area contributed by atoms with E-state index in [2.05, 4.69) is 0 Å². The first-order chi connectivity index (χ1) is 8.41. The highest BCUT2D eigenvalue weighted by Crippen LogP contribution is 2.28. The normalized spacial score (nSPS) is 18.0. The van der Waals surface area contributed by atoms with E-state index in [-0.39, 0.29) is 5.56 Å². The van der Waals surface area contributed by atoms with Crippen LogP contribution in [0.2, 0.25) is 0 Å². The van der Waals surface area contributed by atoms with E-state index in [1.54, 1.807) is 0 Å². The molecule has 0 saturated heterocycles. The first-order valence-electron chi connectivity index (χ1n) is 6.93. The highest BCUT2D eigenvalue weighted by atomic mass is 16.1. The van der Waals surface area contributed by atoms with Crippen LogP contribution < -0.4 is 11.3 Å². The van der Waals surface area contributed by atoms with Gasteiger partial charge in [-0.3, -0.25) is 4.79 Å². The Morgan fingerprint density at radius 3 is 2.39 bits per heavy atom. The van der Waals surface area contributed by atoms with Crippen LogP contribution in [0.4, 0.5) is 0 Å². The van der Waals surface area contributed by atoms with Crippen molar-refractivity contribution in [3.05, 3.63) is 33.7 Å². The van der Waals surface area contributed by atoms with E-state index in [1.807, 2.05) is 37.5 Å². The standard InChI is InChI=1S/C15H24N2O/c1-11-9-10-13(15(2,3)16)14(18)17(11)12-7-5-4-6-8-12/h9-10,12H,4-8,16H2,1-3H3. The summed E-state index contributed by atoms with van der Waals surface area (Å²) >= 11 is 0. The van der Waals surface area contributed by atoms with Crippen molar-refractivity contribution in [2.75, 3.05) is 0 Å². The molecular formula is C15H24N2O. The highest BCUT2D eigenvalue weighted by molar-refractivity contribution is 5.22. The summed E-state index contributed by atoms with van der Waals surface area (Å²) in [5.41, 5.74) is 7.41. The second kappa shape index (κ2) is 4.88. The van der Waals surface area contributed by atoms with Crippen molar-refractivity contribution in [1.82, 2.24) is 4.57 Å². The second-order valence-corrected chi connectivity index (χ2v) is 6.08. The molecule has 0 spiro atoms. The maximum absolute atomic E-state index is 12.6. The van der Waals surface area contributed by atoms with E-state index in [9.17, 15) is 4.79 Å². The SMILES string of the molecule is Cc1ccc(C(C)(C)N)c(=O)n1C1CCCCC1. The van der Waals surface area contributed by atoms with Gasteiger partial charge in [-0.25, -0.2) is 0 Å². The van der Waals surface area contributed by atoms with Gasteiger partial charge in [0.25, 0.3) is 5.56 Å². The summed E-state index contributed by atoms with van der Waals surface area (Å²) in [7, 11) is 0. The molecule has 1 aliphatic carbocycles. The molecule has 1 aliphatic rings. The van der Waals surface area contributed by atoms with Crippen molar-refractivity contribution >= 4 is 0 Å². The van der Waals surface area contributed by atoms with E-state index in [0.29, 0.717) is 6.04 Å². The van der Waals surface area contributed by atoms with Crippen LogP contribution in [-0.2, 0) is 5.54 Å². The lowest BCUT2D eigenvalue weighted by Crippen LogP contribution is -2.40. The Bertz CT molecular complexity index is 476. The molecule has 1 fully saturated rings. The summed E-state index contributed by atoms with van der Waals surface area (Å²) in [5.74, 6) is 0. The van der Waals surface area contributed by atoms with Crippen LogP contribution in [0.1, 0.15) is 63.3 Å². The molecule has 2 N–H and O–H groups in total. The number of nitrogens with zero attached hydrogens (tertiary/aromatic N) is 1. The van der Waals surface area contributed by atoms with Gasteiger partial charge in [0.1, 0.15) is 0 Å². The van der Waals surface area contributed by atoms with E-state index >= 15 is 0 Å². The average Bonchev–Trinajstić information content (AvgIpc) is 2.28. The summed E-state index contributed by atoms with van der Waals surface area (Å²) in [5, 5.41) is 0. The van der Waals surface area contributed by atoms with Crippen LogP contribution in [0.3, 0.4) is 0 Å². The minimum atomic E-state index is -0.568. The van der Waals surface area contributed by atoms with E-state index in [0.717, 1.165) is 24.1 Å². The second-order valence-electron chi connectivity index (χ2n) is 6.08.